The molecule has 0 aromatic heterocycles. The van der Waals surface area contributed by atoms with Gasteiger partial charge in [0.25, 0.3) is 0 Å². The van der Waals surface area contributed by atoms with Gasteiger partial charge in [-0.2, -0.15) is 4.21 Å². The SMILES string of the molecule is CC(=O)COS(=O)OC=O. The Morgan fingerprint density at radius 1 is 1.70 bits per heavy atom. The molecule has 0 aliphatic carbocycles. The van der Waals surface area contributed by atoms with Crippen LogP contribution in [-0.4, -0.2) is 23.1 Å². The highest BCUT2D eigenvalue weighted by molar-refractivity contribution is 7.75. The molecule has 0 saturated carbocycles. The molecule has 0 aromatic carbocycles. The van der Waals surface area contributed by atoms with E-state index >= 15 is 0 Å². The van der Waals surface area contributed by atoms with Gasteiger partial charge in [-0.3, -0.25) is 13.8 Å². The van der Waals surface area contributed by atoms with Crippen LogP contribution in [0.15, 0.2) is 0 Å². The maximum atomic E-state index is 10.2. The Hall–Kier alpha value is -0.750. The van der Waals surface area contributed by atoms with E-state index in [1.165, 1.54) is 6.92 Å². The van der Waals surface area contributed by atoms with Crippen LogP contribution in [0.5, 0.6) is 0 Å². The van der Waals surface area contributed by atoms with Crippen molar-refractivity contribution in [3.63, 3.8) is 0 Å². The summed E-state index contributed by atoms with van der Waals surface area (Å²) in [7, 11) is 0. The molecule has 5 nitrogen and oxygen atoms in total. The Bertz CT molecular complexity index is 154. The number of rotatable bonds is 5. The molecule has 6 heteroatoms. The van der Waals surface area contributed by atoms with Crippen LogP contribution in [0.25, 0.3) is 0 Å². The van der Waals surface area contributed by atoms with Gasteiger partial charge in [0.2, 0.25) is 0 Å². The summed E-state index contributed by atoms with van der Waals surface area (Å²) in [6.45, 7) is 0.925. The van der Waals surface area contributed by atoms with E-state index in [1.54, 1.807) is 0 Å². The highest BCUT2D eigenvalue weighted by Gasteiger charge is 2.00. The Morgan fingerprint density at radius 2 is 2.30 bits per heavy atom. The van der Waals surface area contributed by atoms with Crippen molar-refractivity contribution >= 4 is 23.6 Å². The molecule has 0 fully saturated rings. The van der Waals surface area contributed by atoms with Crippen molar-refractivity contribution in [2.45, 2.75) is 6.92 Å². The molecule has 0 saturated heterocycles. The molecule has 1 atom stereocenters. The molecule has 0 aliphatic rings. The quantitative estimate of drug-likeness (QED) is 0.507. The number of hydrogen-bond acceptors (Lipinski definition) is 5. The zero-order valence-corrected chi connectivity index (χ0v) is 6.05. The predicted molar refractivity (Wildman–Crippen MR) is 31.9 cm³/mol. The standard InChI is InChI=1S/C4H6O5S/c1-4(6)2-8-10(7)9-3-5/h3H,2H2,1H3. The number of carbonyl (C=O) groups excluding carboxylic acids is 2. The Morgan fingerprint density at radius 3 is 2.70 bits per heavy atom. The summed E-state index contributed by atoms with van der Waals surface area (Å²) < 4.78 is 18.3. The third-order valence-corrected chi connectivity index (χ3v) is 1.02. The minimum atomic E-state index is -2.13. The van der Waals surface area contributed by atoms with Crippen molar-refractivity contribution in [1.29, 1.82) is 0 Å². The van der Waals surface area contributed by atoms with Crippen molar-refractivity contribution in [3.05, 3.63) is 0 Å². The van der Waals surface area contributed by atoms with Crippen LogP contribution in [0.2, 0.25) is 0 Å². The lowest BCUT2D eigenvalue weighted by Gasteiger charge is -1.94. The van der Waals surface area contributed by atoms with E-state index in [1.807, 2.05) is 0 Å². The first-order chi connectivity index (χ1) is 4.66. The topological polar surface area (TPSA) is 69.7 Å². The number of ketones is 1. The van der Waals surface area contributed by atoms with Crippen LogP contribution in [0.4, 0.5) is 0 Å². The zero-order valence-electron chi connectivity index (χ0n) is 5.23. The summed E-state index contributed by atoms with van der Waals surface area (Å²) in [6, 6.07) is 0. The highest BCUT2D eigenvalue weighted by Crippen LogP contribution is 1.85. The molecule has 0 radical (unpaired) electrons. The molecule has 0 N–H and O–H groups in total. The second kappa shape index (κ2) is 5.07. The van der Waals surface area contributed by atoms with Crippen LogP contribution in [0, 0.1) is 0 Å². The van der Waals surface area contributed by atoms with Crippen molar-refractivity contribution in [2.24, 2.45) is 0 Å². The fraction of sp³-hybridized carbons (Fsp3) is 0.500. The molecule has 0 aliphatic heterocycles. The highest BCUT2D eigenvalue weighted by atomic mass is 32.2. The average Bonchev–Trinajstić information content (AvgIpc) is 1.85. The Kier molecular flexibility index (Phi) is 4.69. The third-order valence-electron chi connectivity index (χ3n) is 0.476. The fourth-order valence-electron chi connectivity index (χ4n) is 0.191. The van der Waals surface area contributed by atoms with Crippen LogP contribution >= 0.6 is 0 Å². The normalized spacial score (nSPS) is 12.1. The Balaban J connectivity index is 3.39. The lowest BCUT2D eigenvalue weighted by Crippen LogP contribution is -2.07. The summed E-state index contributed by atoms with van der Waals surface area (Å²) >= 11 is -2.13. The van der Waals surface area contributed by atoms with Crippen LogP contribution < -0.4 is 0 Å². The van der Waals surface area contributed by atoms with Gasteiger partial charge in [0.05, 0.1) is 0 Å². The minimum Gasteiger partial charge on any atom is -0.346 e. The van der Waals surface area contributed by atoms with Gasteiger partial charge in [0.1, 0.15) is 6.61 Å². The van der Waals surface area contributed by atoms with E-state index in [-0.39, 0.29) is 18.9 Å². The lowest BCUT2D eigenvalue weighted by atomic mass is 10.5. The average molecular weight is 166 g/mol. The van der Waals surface area contributed by atoms with E-state index in [4.69, 9.17) is 0 Å². The fourth-order valence-corrected chi connectivity index (χ4v) is 0.573. The van der Waals surface area contributed by atoms with Gasteiger partial charge in [-0.1, -0.05) is 0 Å². The molecular weight excluding hydrogens is 160 g/mol. The monoisotopic (exact) mass is 166 g/mol. The number of hydrogen-bond donors (Lipinski definition) is 0. The van der Waals surface area contributed by atoms with Crippen molar-refractivity contribution in [1.82, 2.24) is 0 Å². The van der Waals surface area contributed by atoms with Gasteiger partial charge in [0.15, 0.2) is 5.78 Å². The molecule has 0 spiro atoms. The molecule has 58 valence electrons. The van der Waals surface area contributed by atoms with Crippen molar-refractivity contribution in [2.75, 3.05) is 6.61 Å². The van der Waals surface area contributed by atoms with E-state index in [9.17, 15) is 13.8 Å². The summed E-state index contributed by atoms with van der Waals surface area (Å²) in [4.78, 5) is 19.6. The van der Waals surface area contributed by atoms with Gasteiger partial charge in [-0.05, 0) is 6.92 Å². The van der Waals surface area contributed by atoms with Gasteiger partial charge >= 0.3 is 17.8 Å². The van der Waals surface area contributed by atoms with E-state index < -0.39 is 11.4 Å². The van der Waals surface area contributed by atoms with Gasteiger partial charge in [0, 0.05) is 0 Å². The molecular formula is C4H6O5S. The lowest BCUT2D eigenvalue weighted by molar-refractivity contribution is -0.122. The maximum absolute atomic E-state index is 10.2. The zero-order chi connectivity index (χ0) is 7.98. The second-order valence-electron chi connectivity index (χ2n) is 1.36. The van der Waals surface area contributed by atoms with E-state index in [2.05, 4.69) is 8.37 Å². The van der Waals surface area contributed by atoms with Gasteiger partial charge in [-0.15, -0.1) is 0 Å². The smallest absolute Gasteiger partial charge is 0.346 e. The van der Waals surface area contributed by atoms with Crippen LogP contribution in [-0.2, 0) is 29.3 Å². The van der Waals surface area contributed by atoms with Crippen LogP contribution in [0.1, 0.15) is 6.92 Å². The molecule has 10 heavy (non-hydrogen) atoms. The molecule has 0 rings (SSSR count). The van der Waals surface area contributed by atoms with Crippen molar-refractivity contribution < 1.29 is 22.2 Å². The summed E-state index contributed by atoms with van der Waals surface area (Å²) in [5, 5.41) is 0. The van der Waals surface area contributed by atoms with Gasteiger partial charge in [-0.25, -0.2) is 0 Å². The van der Waals surface area contributed by atoms with Crippen LogP contribution in [0.3, 0.4) is 0 Å². The first kappa shape index (κ1) is 9.25. The minimum absolute atomic E-state index is 0.0176. The summed E-state index contributed by atoms with van der Waals surface area (Å²) in [5.41, 5.74) is 0. The largest absolute Gasteiger partial charge is 0.363 e. The van der Waals surface area contributed by atoms with E-state index in [0.717, 1.165) is 0 Å². The molecule has 0 amide bonds. The summed E-state index contributed by atoms with van der Waals surface area (Å²) in [6.07, 6.45) is 0. The predicted octanol–water partition coefficient (Wildman–Crippen LogP) is -0.656. The second-order valence-corrected chi connectivity index (χ2v) is 2.20. The first-order valence-electron chi connectivity index (χ1n) is 2.32. The van der Waals surface area contributed by atoms with E-state index in [0.29, 0.717) is 0 Å². The molecule has 0 bridgehead atoms. The number of Topliss-reactive ketones (excluding diaryl/α,β-unsaturated/α-hetero) is 1. The first-order valence-corrected chi connectivity index (χ1v) is 3.32. The van der Waals surface area contributed by atoms with Gasteiger partial charge < -0.3 is 4.18 Å². The van der Waals surface area contributed by atoms with Crippen molar-refractivity contribution in [3.8, 4) is 0 Å². The summed E-state index contributed by atoms with van der Waals surface area (Å²) in [5.74, 6) is -0.289. The molecule has 0 heterocycles. The molecule has 0 aromatic rings. The Labute approximate surface area is 60.2 Å². The number of carbonyl (C=O) groups is 2. The third kappa shape index (κ3) is 5.39. The molecule has 1 unspecified atom stereocenters. The maximum Gasteiger partial charge on any atom is 0.363 e.